The summed E-state index contributed by atoms with van der Waals surface area (Å²) in [7, 11) is 0. The highest BCUT2D eigenvalue weighted by atomic mass is 35.5. The lowest BCUT2D eigenvalue weighted by molar-refractivity contribution is -0.137. The molecule has 0 bridgehead atoms. The number of amides is 2. The van der Waals surface area contributed by atoms with Gasteiger partial charge in [-0.3, -0.25) is 9.59 Å². The van der Waals surface area contributed by atoms with Gasteiger partial charge in [-0.05, 0) is 60.5 Å². The van der Waals surface area contributed by atoms with Crippen molar-refractivity contribution < 1.29 is 22.8 Å². The Morgan fingerprint density at radius 2 is 1.74 bits per heavy atom. The Kier molecular flexibility index (Phi) is 8.40. The zero-order chi connectivity index (χ0) is 27.4. The second-order valence-corrected chi connectivity index (χ2v) is 10.4. The average molecular weight is 578 g/mol. The molecule has 0 spiro atoms. The van der Waals surface area contributed by atoms with Gasteiger partial charge in [0.25, 0.3) is 11.8 Å². The second-order valence-electron chi connectivity index (χ2n) is 8.37. The van der Waals surface area contributed by atoms with Crippen molar-refractivity contribution in [2.75, 3.05) is 0 Å². The minimum Gasteiger partial charge on any atom is -0.348 e. The molecule has 5 nitrogen and oxygen atoms in total. The molecule has 38 heavy (non-hydrogen) atoms. The van der Waals surface area contributed by atoms with Crippen LogP contribution in [0.2, 0.25) is 10.0 Å². The zero-order valence-corrected chi connectivity index (χ0v) is 22.2. The van der Waals surface area contributed by atoms with Crippen molar-refractivity contribution >= 4 is 46.4 Å². The van der Waals surface area contributed by atoms with Crippen LogP contribution in [-0.4, -0.2) is 16.4 Å². The van der Waals surface area contributed by atoms with Crippen LogP contribution < -0.4 is 10.1 Å². The third-order valence-electron chi connectivity index (χ3n) is 5.47. The van der Waals surface area contributed by atoms with Gasteiger partial charge in [-0.1, -0.05) is 47.5 Å². The molecule has 1 N–H and O–H groups in total. The number of hydrogen-bond acceptors (Lipinski definition) is 3. The van der Waals surface area contributed by atoms with Crippen molar-refractivity contribution in [1.82, 2.24) is 9.88 Å². The highest BCUT2D eigenvalue weighted by Crippen LogP contribution is 2.29. The van der Waals surface area contributed by atoms with E-state index >= 15 is 0 Å². The molecule has 196 valence electrons. The minimum absolute atomic E-state index is 0.0366. The summed E-state index contributed by atoms with van der Waals surface area (Å²) in [6, 6.07) is 16.2. The molecule has 0 fully saturated rings. The zero-order valence-electron chi connectivity index (χ0n) is 19.9. The predicted octanol–water partition coefficient (Wildman–Crippen LogP) is 6.90. The Morgan fingerprint density at radius 3 is 2.42 bits per heavy atom. The first-order valence-corrected chi connectivity index (χ1v) is 12.8. The maximum Gasteiger partial charge on any atom is 0.416 e. The molecule has 0 aliphatic heterocycles. The molecule has 0 radical (unpaired) electrons. The lowest BCUT2D eigenvalue weighted by Gasteiger charge is -2.10. The van der Waals surface area contributed by atoms with Gasteiger partial charge in [0.05, 0.1) is 16.1 Å². The smallest absolute Gasteiger partial charge is 0.348 e. The normalized spacial score (nSPS) is 12.0. The van der Waals surface area contributed by atoms with Gasteiger partial charge >= 0.3 is 6.18 Å². The van der Waals surface area contributed by atoms with Crippen molar-refractivity contribution in [2.24, 2.45) is 4.99 Å². The van der Waals surface area contributed by atoms with Gasteiger partial charge in [-0.25, -0.2) is 0 Å². The van der Waals surface area contributed by atoms with E-state index < -0.39 is 23.6 Å². The second kappa shape index (κ2) is 11.6. The molecule has 0 saturated carbocycles. The number of benzene rings is 3. The third kappa shape index (κ3) is 6.92. The molecule has 1 heterocycles. The van der Waals surface area contributed by atoms with Crippen LogP contribution >= 0.6 is 34.5 Å². The Labute approximate surface area is 230 Å². The van der Waals surface area contributed by atoms with Crippen LogP contribution in [-0.2, 0) is 19.3 Å². The topological polar surface area (TPSA) is 63.5 Å². The highest BCUT2D eigenvalue weighted by Gasteiger charge is 2.30. The van der Waals surface area contributed by atoms with Crippen LogP contribution in [0.25, 0.3) is 0 Å². The van der Waals surface area contributed by atoms with Crippen LogP contribution in [0.5, 0.6) is 0 Å². The number of aryl methyl sites for hydroxylation is 1. The molecule has 0 unspecified atom stereocenters. The maximum absolute atomic E-state index is 12.9. The monoisotopic (exact) mass is 577 g/mol. The number of nitrogens with zero attached hydrogens (tertiary/aromatic N) is 2. The standard InChI is InChI=1S/C27H20Cl2F3N3O2S/c1-16-14-35(26(38-16)34-25(37)22-10-9-21(28)12-23(22)29)15-17-5-7-19(8-6-17)24(36)33-13-18-3-2-4-20(11-18)27(30,31)32/h2-12,14H,13,15H2,1H3,(H,33,36). The summed E-state index contributed by atoms with van der Waals surface area (Å²) >= 11 is 13.4. The van der Waals surface area contributed by atoms with Crippen LogP contribution in [0.15, 0.2) is 77.9 Å². The Morgan fingerprint density at radius 1 is 1.00 bits per heavy atom. The Balaban J connectivity index is 1.44. The predicted molar refractivity (Wildman–Crippen MR) is 142 cm³/mol. The molecule has 0 saturated heterocycles. The van der Waals surface area contributed by atoms with E-state index in [1.165, 1.54) is 35.6 Å². The fraction of sp³-hybridized carbons (Fsp3) is 0.148. The molecule has 0 atom stereocenters. The number of rotatable bonds is 6. The van der Waals surface area contributed by atoms with Crippen molar-refractivity contribution in [1.29, 1.82) is 0 Å². The maximum atomic E-state index is 12.9. The van der Waals surface area contributed by atoms with E-state index in [0.717, 1.165) is 22.6 Å². The molecular weight excluding hydrogens is 558 g/mol. The van der Waals surface area contributed by atoms with Crippen molar-refractivity contribution in [2.45, 2.75) is 26.2 Å². The number of aromatic nitrogens is 1. The fourth-order valence-electron chi connectivity index (χ4n) is 3.61. The largest absolute Gasteiger partial charge is 0.416 e. The van der Waals surface area contributed by atoms with Crippen LogP contribution in [0.3, 0.4) is 0 Å². The van der Waals surface area contributed by atoms with Gasteiger partial charge in [-0.15, -0.1) is 11.3 Å². The summed E-state index contributed by atoms with van der Waals surface area (Å²) in [4.78, 5) is 30.9. The average Bonchev–Trinajstić information content (AvgIpc) is 3.20. The summed E-state index contributed by atoms with van der Waals surface area (Å²) in [5, 5.41) is 3.27. The van der Waals surface area contributed by atoms with Gasteiger partial charge < -0.3 is 9.88 Å². The summed E-state index contributed by atoms with van der Waals surface area (Å²) in [6.07, 6.45) is -2.58. The molecule has 11 heteroatoms. The molecule has 0 aliphatic carbocycles. The minimum atomic E-state index is -4.45. The Hall–Kier alpha value is -3.40. The number of thiazole rings is 1. The number of nitrogens with one attached hydrogen (secondary N) is 1. The number of carbonyl (C=O) groups excluding carboxylic acids is 2. The fourth-order valence-corrected chi connectivity index (χ4v) is 4.93. The summed E-state index contributed by atoms with van der Waals surface area (Å²) < 4.78 is 40.5. The molecule has 1 aromatic heterocycles. The van der Waals surface area contributed by atoms with E-state index in [-0.39, 0.29) is 17.1 Å². The number of alkyl halides is 3. The molecule has 2 amide bonds. The van der Waals surface area contributed by atoms with Crippen molar-refractivity contribution in [3.8, 4) is 0 Å². The quantitative estimate of drug-likeness (QED) is 0.271. The molecule has 4 rings (SSSR count). The summed E-state index contributed by atoms with van der Waals surface area (Å²) in [5.41, 5.74) is 1.05. The first-order valence-electron chi connectivity index (χ1n) is 11.2. The van der Waals surface area contributed by atoms with E-state index in [4.69, 9.17) is 23.2 Å². The van der Waals surface area contributed by atoms with Crippen LogP contribution in [0.4, 0.5) is 13.2 Å². The van der Waals surface area contributed by atoms with E-state index in [9.17, 15) is 22.8 Å². The molecule has 4 aromatic rings. The molecular formula is C27H20Cl2F3N3O2S. The van der Waals surface area contributed by atoms with Crippen molar-refractivity contribution in [3.05, 3.63) is 120 Å². The van der Waals surface area contributed by atoms with E-state index in [0.29, 0.717) is 27.5 Å². The SMILES string of the molecule is Cc1cn(Cc2ccc(C(=O)NCc3cccc(C(F)(F)F)c3)cc2)c(=NC(=O)c2ccc(Cl)cc2Cl)s1. The Bertz CT molecular complexity index is 1560. The van der Waals surface area contributed by atoms with Gasteiger partial charge in [0.15, 0.2) is 4.80 Å². The summed E-state index contributed by atoms with van der Waals surface area (Å²) in [5.74, 6) is -0.899. The highest BCUT2D eigenvalue weighted by molar-refractivity contribution is 7.09. The number of carbonyl (C=O) groups is 2. The summed E-state index contributed by atoms with van der Waals surface area (Å²) in [6.45, 7) is 2.26. The van der Waals surface area contributed by atoms with Crippen molar-refractivity contribution in [3.63, 3.8) is 0 Å². The van der Waals surface area contributed by atoms with Gasteiger partial charge in [-0.2, -0.15) is 18.2 Å². The lowest BCUT2D eigenvalue weighted by atomic mass is 10.1. The number of halogens is 5. The van der Waals surface area contributed by atoms with Crippen LogP contribution in [0, 0.1) is 6.92 Å². The molecule has 3 aromatic carbocycles. The van der Waals surface area contributed by atoms with Gasteiger partial charge in [0.1, 0.15) is 0 Å². The molecule has 0 aliphatic rings. The van der Waals surface area contributed by atoms with E-state index in [1.807, 2.05) is 17.7 Å². The first kappa shape index (κ1) is 27.6. The van der Waals surface area contributed by atoms with Gasteiger partial charge in [0, 0.05) is 34.7 Å². The number of hydrogen-bond donors (Lipinski definition) is 1. The van der Waals surface area contributed by atoms with Crippen LogP contribution in [0.1, 0.15) is 42.3 Å². The van der Waals surface area contributed by atoms with Gasteiger partial charge in [0.2, 0.25) is 0 Å². The third-order valence-corrected chi connectivity index (χ3v) is 6.95. The van der Waals surface area contributed by atoms with E-state index in [2.05, 4.69) is 10.3 Å². The lowest BCUT2D eigenvalue weighted by Crippen LogP contribution is -2.23. The first-order chi connectivity index (χ1) is 18.0. The van der Waals surface area contributed by atoms with E-state index in [1.54, 1.807) is 30.3 Å².